The molecule has 0 bridgehead atoms. The van der Waals surface area contributed by atoms with Crippen LogP contribution in [0.3, 0.4) is 0 Å². The maximum absolute atomic E-state index is 11.9. The molecule has 0 saturated carbocycles. The predicted molar refractivity (Wildman–Crippen MR) is 72.0 cm³/mol. The van der Waals surface area contributed by atoms with Crippen molar-refractivity contribution in [1.82, 2.24) is 0 Å². The predicted octanol–water partition coefficient (Wildman–Crippen LogP) is 2.28. The number of allylic oxidation sites excluding steroid dienone is 1. The molecule has 1 N–H and O–H groups in total. The van der Waals surface area contributed by atoms with E-state index in [0.29, 0.717) is 11.1 Å². The van der Waals surface area contributed by atoms with E-state index in [2.05, 4.69) is 0 Å². The van der Waals surface area contributed by atoms with Gasteiger partial charge in [0.1, 0.15) is 6.10 Å². The summed E-state index contributed by atoms with van der Waals surface area (Å²) in [7, 11) is 0. The van der Waals surface area contributed by atoms with Crippen LogP contribution in [0.5, 0.6) is 0 Å². The van der Waals surface area contributed by atoms with Crippen molar-refractivity contribution in [1.29, 1.82) is 0 Å². The van der Waals surface area contributed by atoms with Crippen LogP contribution in [0.1, 0.15) is 18.4 Å². The normalized spacial score (nSPS) is 28.2. The summed E-state index contributed by atoms with van der Waals surface area (Å²) in [6, 6.07) is 9.35. The Morgan fingerprint density at radius 3 is 2.60 bits per heavy atom. The fourth-order valence-corrected chi connectivity index (χ4v) is 2.91. The number of carboxylic acid groups (broad SMARTS) is 1. The maximum atomic E-state index is 11.9. The topological polar surface area (TPSA) is 63.6 Å². The Kier molecular flexibility index (Phi) is 2.93. The highest BCUT2D eigenvalue weighted by atomic mass is 16.5. The Labute approximate surface area is 116 Å². The zero-order chi connectivity index (χ0) is 14.3. The highest BCUT2D eigenvalue weighted by Gasteiger charge is 2.44. The highest BCUT2D eigenvalue weighted by Crippen LogP contribution is 2.42. The van der Waals surface area contributed by atoms with Crippen LogP contribution in [0.25, 0.3) is 0 Å². The van der Waals surface area contributed by atoms with E-state index in [1.807, 2.05) is 42.5 Å². The van der Waals surface area contributed by atoms with E-state index in [1.165, 1.54) is 0 Å². The summed E-state index contributed by atoms with van der Waals surface area (Å²) in [5, 5.41) is 9.55. The standard InChI is InChI=1S/C16H14O4/c1-9-11-7-8-12(10-5-3-2-4-6-10)13(15(17)18)14(11)16(19)20-9/h2-9,12-13H,1H3,(H,17,18)/t9-,12+,13-/m1/s1. The zero-order valence-electron chi connectivity index (χ0n) is 10.9. The number of hydrogen-bond donors (Lipinski definition) is 1. The van der Waals surface area contributed by atoms with E-state index in [1.54, 1.807) is 6.92 Å². The first-order chi connectivity index (χ1) is 9.59. The van der Waals surface area contributed by atoms with Gasteiger partial charge in [-0.2, -0.15) is 0 Å². The van der Waals surface area contributed by atoms with Gasteiger partial charge in [0.25, 0.3) is 0 Å². The van der Waals surface area contributed by atoms with Gasteiger partial charge in [0, 0.05) is 11.5 Å². The van der Waals surface area contributed by atoms with Gasteiger partial charge in [-0.1, -0.05) is 42.5 Å². The van der Waals surface area contributed by atoms with Crippen LogP contribution in [0.15, 0.2) is 53.6 Å². The van der Waals surface area contributed by atoms with Crippen LogP contribution in [0.4, 0.5) is 0 Å². The van der Waals surface area contributed by atoms with E-state index in [0.717, 1.165) is 5.56 Å². The van der Waals surface area contributed by atoms with Crippen molar-refractivity contribution in [2.75, 3.05) is 0 Å². The molecule has 0 saturated heterocycles. The Hall–Kier alpha value is -2.36. The van der Waals surface area contributed by atoms with E-state index in [-0.39, 0.29) is 12.0 Å². The molecule has 1 aromatic rings. The summed E-state index contributed by atoms with van der Waals surface area (Å²) in [6.07, 6.45) is 3.31. The van der Waals surface area contributed by atoms with Crippen LogP contribution in [-0.4, -0.2) is 23.1 Å². The second-order valence-electron chi connectivity index (χ2n) is 5.03. The molecule has 3 atom stereocenters. The molecule has 0 unspecified atom stereocenters. The SMILES string of the molecule is C[C@H]1OC(=O)C2=C1C=C[C@@H](c1ccccc1)[C@H]2C(=O)O. The van der Waals surface area contributed by atoms with Gasteiger partial charge < -0.3 is 9.84 Å². The van der Waals surface area contributed by atoms with Gasteiger partial charge in [-0.3, -0.25) is 4.79 Å². The summed E-state index contributed by atoms with van der Waals surface area (Å²) in [5.41, 5.74) is 1.87. The molecule has 20 heavy (non-hydrogen) atoms. The Morgan fingerprint density at radius 2 is 1.95 bits per heavy atom. The molecule has 3 rings (SSSR count). The van der Waals surface area contributed by atoms with Crippen LogP contribution < -0.4 is 0 Å². The highest BCUT2D eigenvalue weighted by molar-refractivity contribution is 6.00. The largest absolute Gasteiger partial charge is 0.481 e. The third-order valence-electron chi connectivity index (χ3n) is 3.86. The fraction of sp³-hybridized carbons (Fsp3) is 0.250. The maximum Gasteiger partial charge on any atom is 0.335 e. The first kappa shape index (κ1) is 12.7. The molecular formula is C16H14O4. The third kappa shape index (κ3) is 1.84. The number of benzene rings is 1. The summed E-state index contributed by atoms with van der Waals surface area (Å²) >= 11 is 0. The Morgan fingerprint density at radius 1 is 1.25 bits per heavy atom. The summed E-state index contributed by atoms with van der Waals surface area (Å²) in [5.74, 6) is -2.73. The van der Waals surface area contributed by atoms with E-state index >= 15 is 0 Å². The van der Waals surface area contributed by atoms with Crippen LogP contribution in [0.2, 0.25) is 0 Å². The molecule has 1 heterocycles. The summed E-state index contributed by atoms with van der Waals surface area (Å²) in [6.45, 7) is 1.76. The summed E-state index contributed by atoms with van der Waals surface area (Å²) < 4.78 is 5.15. The first-order valence-corrected chi connectivity index (χ1v) is 6.50. The van der Waals surface area contributed by atoms with Crippen LogP contribution >= 0.6 is 0 Å². The smallest absolute Gasteiger partial charge is 0.335 e. The average molecular weight is 270 g/mol. The van der Waals surface area contributed by atoms with Crippen molar-refractivity contribution in [3.8, 4) is 0 Å². The minimum Gasteiger partial charge on any atom is -0.481 e. The Bertz CT molecular complexity index is 627. The molecule has 102 valence electrons. The van der Waals surface area contributed by atoms with Crippen LogP contribution in [-0.2, 0) is 14.3 Å². The van der Waals surface area contributed by atoms with Gasteiger partial charge in [-0.25, -0.2) is 4.79 Å². The minimum absolute atomic E-state index is 0.293. The van der Waals surface area contributed by atoms with Gasteiger partial charge in [0.2, 0.25) is 0 Å². The van der Waals surface area contributed by atoms with Crippen molar-refractivity contribution in [3.63, 3.8) is 0 Å². The van der Waals surface area contributed by atoms with Crippen LogP contribution in [0, 0.1) is 5.92 Å². The van der Waals surface area contributed by atoms with Crippen molar-refractivity contribution >= 4 is 11.9 Å². The average Bonchev–Trinajstić information content (AvgIpc) is 2.74. The molecule has 0 fully saturated rings. The number of carbonyl (C=O) groups excluding carboxylic acids is 1. The number of hydrogen-bond acceptors (Lipinski definition) is 3. The molecule has 4 nitrogen and oxygen atoms in total. The number of aliphatic carboxylic acids is 1. The Balaban J connectivity index is 2.08. The number of carbonyl (C=O) groups is 2. The molecule has 4 heteroatoms. The molecule has 2 aliphatic rings. The van der Waals surface area contributed by atoms with E-state index < -0.39 is 17.9 Å². The lowest BCUT2D eigenvalue weighted by atomic mass is 9.76. The van der Waals surface area contributed by atoms with Gasteiger partial charge >= 0.3 is 11.9 Å². The summed E-state index contributed by atoms with van der Waals surface area (Å²) in [4.78, 5) is 23.6. The van der Waals surface area contributed by atoms with Crippen molar-refractivity contribution in [2.45, 2.75) is 18.9 Å². The monoisotopic (exact) mass is 270 g/mol. The number of cyclic esters (lactones) is 1. The van der Waals surface area contributed by atoms with Crippen molar-refractivity contribution in [2.24, 2.45) is 5.92 Å². The molecular weight excluding hydrogens is 256 g/mol. The second-order valence-corrected chi connectivity index (χ2v) is 5.03. The van der Waals surface area contributed by atoms with Crippen molar-refractivity contribution < 1.29 is 19.4 Å². The molecule has 0 amide bonds. The minimum atomic E-state index is -0.998. The number of ether oxygens (including phenoxy) is 1. The first-order valence-electron chi connectivity index (χ1n) is 6.50. The van der Waals surface area contributed by atoms with Gasteiger partial charge in [-0.15, -0.1) is 0 Å². The fourth-order valence-electron chi connectivity index (χ4n) is 2.91. The number of esters is 1. The molecule has 0 radical (unpaired) electrons. The zero-order valence-corrected chi connectivity index (χ0v) is 10.9. The molecule has 0 spiro atoms. The molecule has 1 aliphatic heterocycles. The molecule has 0 aromatic heterocycles. The van der Waals surface area contributed by atoms with E-state index in [9.17, 15) is 14.7 Å². The lowest BCUT2D eigenvalue weighted by Crippen LogP contribution is -2.28. The second kappa shape index (κ2) is 4.63. The third-order valence-corrected chi connectivity index (χ3v) is 3.86. The van der Waals surface area contributed by atoms with Gasteiger partial charge in [0.15, 0.2) is 0 Å². The number of carboxylic acids is 1. The van der Waals surface area contributed by atoms with Crippen molar-refractivity contribution in [3.05, 3.63) is 59.2 Å². The van der Waals surface area contributed by atoms with Gasteiger partial charge in [-0.05, 0) is 12.5 Å². The number of rotatable bonds is 2. The lowest BCUT2D eigenvalue weighted by molar-refractivity contribution is -0.145. The molecule has 1 aromatic carbocycles. The van der Waals surface area contributed by atoms with E-state index in [4.69, 9.17) is 4.74 Å². The van der Waals surface area contributed by atoms with Gasteiger partial charge in [0.05, 0.1) is 11.5 Å². The lowest BCUT2D eigenvalue weighted by Gasteiger charge is -2.25. The molecule has 1 aliphatic carbocycles. The quantitative estimate of drug-likeness (QED) is 0.837.